The number of hydrogen-bond acceptors (Lipinski definition) is 7. The molecule has 0 bridgehead atoms. The van der Waals surface area contributed by atoms with Gasteiger partial charge in [0.25, 0.3) is 0 Å². The molecule has 0 unspecified atom stereocenters. The molecule has 0 fully saturated rings. The van der Waals surface area contributed by atoms with Crippen LogP contribution in [0.3, 0.4) is 0 Å². The highest BCUT2D eigenvalue weighted by Crippen LogP contribution is 2.36. The molecule has 0 saturated carbocycles. The summed E-state index contributed by atoms with van der Waals surface area (Å²) in [7, 11) is 0. The Kier molecular flexibility index (Phi) is 8.98. The smallest absolute Gasteiger partial charge is 0.339 e. The number of phenols is 1. The highest BCUT2D eigenvalue weighted by molar-refractivity contribution is 5.91. The Hall–Kier alpha value is -4.33. The second-order valence-electron chi connectivity index (χ2n) is 8.78. The molecule has 0 saturated heterocycles. The third-order valence-corrected chi connectivity index (χ3v) is 6.11. The second kappa shape index (κ2) is 12.8. The highest BCUT2D eigenvalue weighted by Gasteiger charge is 2.17. The number of carboxylic acid groups (broad SMARTS) is 1. The van der Waals surface area contributed by atoms with Crippen molar-refractivity contribution >= 4 is 11.7 Å². The number of benzene rings is 3. The van der Waals surface area contributed by atoms with Crippen molar-refractivity contribution in [2.75, 3.05) is 19.8 Å². The van der Waals surface area contributed by atoms with Gasteiger partial charge in [-0.1, -0.05) is 38.5 Å². The third-order valence-electron chi connectivity index (χ3n) is 6.11. The van der Waals surface area contributed by atoms with Crippen molar-refractivity contribution in [1.29, 1.82) is 0 Å². The van der Waals surface area contributed by atoms with Crippen molar-refractivity contribution in [3.63, 3.8) is 0 Å². The van der Waals surface area contributed by atoms with Crippen molar-refractivity contribution in [2.24, 2.45) is 10.2 Å². The van der Waals surface area contributed by atoms with Crippen molar-refractivity contribution in [3.8, 4) is 28.7 Å². The van der Waals surface area contributed by atoms with Crippen molar-refractivity contribution in [2.45, 2.75) is 39.5 Å². The number of carboxylic acids is 1. The first-order chi connectivity index (χ1) is 18.5. The summed E-state index contributed by atoms with van der Waals surface area (Å²) >= 11 is 0. The van der Waals surface area contributed by atoms with Crippen molar-refractivity contribution in [3.05, 3.63) is 82.9 Å². The van der Waals surface area contributed by atoms with Gasteiger partial charge < -0.3 is 24.4 Å². The van der Waals surface area contributed by atoms with E-state index >= 15 is 0 Å². The molecule has 2 N–H and O–H groups in total. The third kappa shape index (κ3) is 6.32. The number of nitrogens with zero attached hydrogens (tertiary/aromatic N) is 2. The summed E-state index contributed by atoms with van der Waals surface area (Å²) in [5, 5.41) is 28.0. The van der Waals surface area contributed by atoms with E-state index in [2.05, 4.69) is 17.2 Å². The van der Waals surface area contributed by atoms with Gasteiger partial charge in [0.1, 0.15) is 34.3 Å². The van der Waals surface area contributed by atoms with Crippen LogP contribution in [-0.2, 0) is 12.8 Å². The van der Waals surface area contributed by atoms with Crippen molar-refractivity contribution < 1.29 is 29.2 Å². The van der Waals surface area contributed by atoms with Crippen LogP contribution in [0.2, 0.25) is 0 Å². The fourth-order valence-electron chi connectivity index (χ4n) is 4.23. The maximum atomic E-state index is 11.6. The number of azo groups is 1. The summed E-state index contributed by atoms with van der Waals surface area (Å²) in [5.41, 5.74) is 3.32. The molecule has 0 aromatic heterocycles. The van der Waals surface area contributed by atoms with Crippen LogP contribution in [0.15, 0.2) is 70.9 Å². The van der Waals surface area contributed by atoms with E-state index in [4.69, 9.17) is 14.2 Å². The molecule has 0 radical (unpaired) electrons. The van der Waals surface area contributed by atoms with Gasteiger partial charge in [0.05, 0.1) is 25.5 Å². The van der Waals surface area contributed by atoms with E-state index in [9.17, 15) is 15.0 Å². The molecule has 1 aliphatic rings. The molecule has 1 heterocycles. The predicted molar refractivity (Wildman–Crippen MR) is 145 cm³/mol. The quantitative estimate of drug-likeness (QED) is 0.236. The Bertz CT molecular complexity index is 1350. The number of aromatic carboxylic acids is 1. The number of phenolic OH excluding ortho intramolecular Hbond substituents is 1. The fraction of sp³-hybridized carbons (Fsp3) is 0.300. The molecule has 3 aromatic rings. The lowest BCUT2D eigenvalue weighted by Gasteiger charge is -2.17. The van der Waals surface area contributed by atoms with Gasteiger partial charge in [-0.3, -0.25) is 0 Å². The standard InChI is InChI=1S/C30H32N2O6/c1-3-9-21-26(12-7-13-27(21)38-28-11-6-5-10-22(28)30(34)35)36-16-8-17-37-29-19-25(33)23(18-20(29)4-2)24-14-15-31-32-24/h5-7,10-14,18-19,33H,3-4,8-9,15-17H2,1-2H3,(H,34,35). The van der Waals surface area contributed by atoms with E-state index in [1.165, 1.54) is 6.07 Å². The van der Waals surface area contributed by atoms with Gasteiger partial charge in [0, 0.05) is 23.6 Å². The van der Waals surface area contributed by atoms with Gasteiger partial charge in [-0.15, -0.1) is 0 Å². The minimum atomic E-state index is -1.04. The topological polar surface area (TPSA) is 110 Å². The molecule has 8 nitrogen and oxygen atoms in total. The van der Waals surface area contributed by atoms with Gasteiger partial charge in [-0.05, 0) is 54.8 Å². The zero-order chi connectivity index (χ0) is 26.9. The molecule has 3 aromatic carbocycles. The summed E-state index contributed by atoms with van der Waals surface area (Å²) in [5.74, 6) is 1.29. The molecular weight excluding hydrogens is 484 g/mol. The summed E-state index contributed by atoms with van der Waals surface area (Å²) < 4.78 is 18.1. The maximum absolute atomic E-state index is 11.6. The van der Waals surface area contributed by atoms with Crippen LogP contribution in [0.1, 0.15) is 53.7 Å². The average molecular weight is 517 g/mol. The lowest BCUT2D eigenvalue weighted by molar-refractivity contribution is 0.0694. The normalized spacial score (nSPS) is 12.3. The van der Waals surface area contributed by atoms with E-state index in [0.29, 0.717) is 54.7 Å². The van der Waals surface area contributed by atoms with Crippen LogP contribution >= 0.6 is 0 Å². The maximum Gasteiger partial charge on any atom is 0.339 e. The van der Waals surface area contributed by atoms with Gasteiger partial charge in [0.15, 0.2) is 0 Å². The van der Waals surface area contributed by atoms with Crippen LogP contribution < -0.4 is 14.2 Å². The van der Waals surface area contributed by atoms with Crippen LogP contribution in [-0.4, -0.2) is 35.9 Å². The summed E-state index contributed by atoms with van der Waals surface area (Å²) in [6.45, 7) is 5.47. The van der Waals surface area contributed by atoms with E-state index < -0.39 is 5.97 Å². The minimum absolute atomic E-state index is 0.105. The number of rotatable bonds is 13. The largest absolute Gasteiger partial charge is 0.507 e. The van der Waals surface area contributed by atoms with Crippen LogP contribution in [0.5, 0.6) is 28.7 Å². The first-order valence-corrected chi connectivity index (χ1v) is 12.8. The molecule has 0 atom stereocenters. The lowest BCUT2D eigenvalue weighted by Crippen LogP contribution is -2.08. The summed E-state index contributed by atoms with van der Waals surface area (Å²) in [4.78, 5) is 11.6. The van der Waals surface area contributed by atoms with Crippen molar-refractivity contribution in [1.82, 2.24) is 0 Å². The molecule has 38 heavy (non-hydrogen) atoms. The summed E-state index contributed by atoms with van der Waals surface area (Å²) in [6.07, 6.45) is 4.85. The van der Waals surface area contributed by atoms with Crippen LogP contribution in [0, 0.1) is 0 Å². The second-order valence-corrected chi connectivity index (χ2v) is 8.78. The van der Waals surface area contributed by atoms with E-state index in [-0.39, 0.29) is 17.1 Å². The molecule has 4 rings (SSSR count). The molecular formula is C30H32N2O6. The first-order valence-electron chi connectivity index (χ1n) is 12.8. The number of para-hydroxylation sites is 1. The summed E-state index contributed by atoms with van der Waals surface area (Å²) in [6, 6.07) is 15.7. The van der Waals surface area contributed by atoms with E-state index in [0.717, 1.165) is 30.4 Å². The van der Waals surface area contributed by atoms with Gasteiger partial charge in [-0.2, -0.15) is 10.2 Å². The predicted octanol–water partition coefficient (Wildman–Crippen LogP) is 7.05. The van der Waals surface area contributed by atoms with Crippen LogP contribution in [0.25, 0.3) is 5.70 Å². The number of carbonyl (C=O) groups is 1. The SMILES string of the molecule is CCCc1c(OCCCOc2cc(O)c(C3=CCN=N3)cc2CC)cccc1Oc1ccccc1C(=O)O. The van der Waals surface area contributed by atoms with Crippen LogP contribution in [0.4, 0.5) is 0 Å². The monoisotopic (exact) mass is 516 g/mol. The molecule has 8 heteroatoms. The first kappa shape index (κ1) is 26.7. The Balaban J connectivity index is 1.39. The highest BCUT2D eigenvalue weighted by atomic mass is 16.5. The molecule has 1 aliphatic heterocycles. The Morgan fingerprint density at radius 3 is 2.39 bits per heavy atom. The zero-order valence-corrected chi connectivity index (χ0v) is 21.6. The zero-order valence-electron chi connectivity index (χ0n) is 21.6. The molecule has 0 aliphatic carbocycles. The Morgan fingerprint density at radius 2 is 1.68 bits per heavy atom. The Morgan fingerprint density at radius 1 is 0.947 bits per heavy atom. The number of ether oxygens (including phenoxy) is 3. The van der Waals surface area contributed by atoms with E-state index in [1.54, 1.807) is 24.3 Å². The molecule has 198 valence electrons. The van der Waals surface area contributed by atoms with Gasteiger partial charge in [0.2, 0.25) is 0 Å². The average Bonchev–Trinajstić information content (AvgIpc) is 3.45. The number of aromatic hydroxyl groups is 1. The molecule has 0 amide bonds. The van der Waals surface area contributed by atoms with Gasteiger partial charge >= 0.3 is 5.97 Å². The number of aryl methyl sites for hydroxylation is 1. The fourth-order valence-corrected chi connectivity index (χ4v) is 4.23. The lowest BCUT2D eigenvalue weighted by atomic mass is 10.0. The Labute approximate surface area is 222 Å². The van der Waals surface area contributed by atoms with Gasteiger partial charge in [-0.25, -0.2) is 4.79 Å². The molecule has 0 spiro atoms. The number of hydrogen-bond donors (Lipinski definition) is 2. The van der Waals surface area contributed by atoms with E-state index in [1.807, 2.05) is 37.3 Å². The minimum Gasteiger partial charge on any atom is -0.507 e.